The second-order valence-corrected chi connectivity index (χ2v) is 7.95. The lowest BCUT2D eigenvalue weighted by Crippen LogP contribution is -2.30. The van der Waals surface area contributed by atoms with Crippen molar-refractivity contribution < 1.29 is 4.79 Å². The maximum Gasteiger partial charge on any atom is 0.273 e. The Morgan fingerprint density at radius 3 is 2.34 bits per heavy atom. The minimum atomic E-state index is 0. The third-order valence-corrected chi connectivity index (χ3v) is 6.08. The molecule has 0 radical (unpaired) electrons. The molecule has 1 aliphatic heterocycles. The molecule has 3 aromatic rings. The molecule has 154 valence electrons. The molecule has 1 saturated heterocycles. The van der Waals surface area contributed by atoms with E-state index in [1.165, 1.54) is 11.1 Å². The number of aromatic nitrogens is 1. The summed E-state index contributed by atoms with van der Waals surface area (Å²) in [5.74, 6) is 0.601. The third-order valence-electron chi connectivity index (χ3n) is 5.23. The fourth-order valence-corrected chi connectivity index (χ4v) is 4.58. The van der Waals surface area contributed by atoms with E-state index in [4.69, 9.17) is 5.73 Å². The van der Waals surface area contributed by atoms with Gasteiger partial charge in [-0.25, -0.2) is 4.98 Å². The first-order chi connectivity index (χ1) is 13.2. The van der Waals surface area contributed by atoms with Crippen molar-refractivity contribution in [2.45, 2.75) is 12.3 Å². The summed E-state index contributed by atoms with van der Waals surface area (Å²) in [4.78, 5) is 19.5. The van der Waals surface area contributed by atoms with Crippen LogP contribution in [0.15, 0.2) is 66.0 Å². The predicted molar refractivity (Wildman–Crippen MR) is 123 cm³/mol. The molecule has 2 heterocycles. The lowest BCUT2D eigenvalue weighted by molar-refractivity contribution is 0.0781. The van der Waals surface area contributed by atoms with Crippen LogP contribution in [0.2, 0.25) is 0 Å². The van der Waals surface area contributed by atoms with Crippen LogP contribution in [0.5, 0.6) is 0 Å². The highest BCUT2D eigenvalue weighted by atomic mass is 35.5. The van der Waals surface area contributed by atoms with Crippen molar-refractivity contribution in [1.29, 1.82) is 0 Å². The number of rotatable bonds is 5. The molecule has 0 aliphatic carbocycles. The molecule has 4 nitrogen and oxygen atoms in total. The zero-order valence-electron chi connectivity index (χ0n) is 15.9. The number of carbonyl (C=O) groups is 1. The summed E-state index contributed by atoms with van der Waals surface area (Å²) in [6.07, 6.45) is 0.761. The zero-order chi connectivity index (χ0) is 18.6. The highest BCUT2D eigenvalue weighted by Gasteiger charge is 2.36. The number of thiazole rings is 1. The summed E-state index contributed by atoms with van der Waals surface area (Å²) >= 11 is 1.55. The number of carbonyl (C=O) groups excluding carboxylic acids is 1. The first-order valence-corrected chi connectivity index (χ1v) is 10.1. The topological polar surface area (TPSA) is 59.2 Å². The summed E-state index contributed by atoms with van der Waals surface area (Å²) in [5.41, 5.74) is 9.02. The van der Waals surface area contributed by atoms with E-state index in [1.54, 1.807) is 11.3 Å². The molecular formula is C22H25Cl2N3OS. The molecule has 2 N–H and O–H groups in total. The molecule has 29 heavy (non-hydrogen) atoms. The maximum atomic E-state index is 13.0. The number of hydrogen-bond acceptors (Lipinski definition) is 4. The van der Waals surface area contributed by atoms with E-state index < -0.39 is 0 Å². The summed E-state index contributed by atoms with van der Waals surface area (Å²) in [6.45, 7) is 1.98. The first-order valence-electron chi connectivity index (χ1n) is 9.27. The minimum absolute atomic E-state index is 0. The Balaban J connectivity index is 0.00000150. The van der Waals surface area contributed by atoms with Crippen molar-refractivity contribution in [2.24, 2.45) is 11.7 Å². The van der Waals surface area contributed by atoms with Crippen molar-refractivity contribution in [3.05, 3.63) is 87.9 Å². The SMILES string of the molecule is Cl.Cl.NC[C@@H]1CN(C(=O)c2csc(Cc3ccccc3)n2)C[C@H]1c1ccccc1. The Hall–Kier alpha value is -1.92. The average Bonchev–Trinajstić information content (AvgIpc) is 3.36. The molecule has 1 amide bonds. The van der Waals surface area contributed by atoms with Gasteiger partial charge >= 0.3 is 0 Å². The van der Waals surface area contributed by atoms with Crippen LogP contribution in [-0.4, -0.2) is 35.4 Å². The molecule has 0 spiro atoms. The quantitative estimate of drug-likeness (QED) is 0.627. The number of nitrogens with two attached hydrogens (primary N) is 1. The van der Waals surface area contributed by atoms with E-state index in [2.05, 4.69) is 29.2 Å². The molecular weight excluding hydrogens is 425 g/mol. The van der Waals surface area contributed by atoms with Gasteiger partial charge in [-0.15, -0.1) is 36.2 Å². The average molecular weight is 450 g/mol. The lowest BCUT2D eigenvalue weighted by Gasteiger charge is -2.16. The zero-order valence-corrected chi connectivity index (χ0v) is 18.4. The van der Waals surface area contributed by atoms with Gasteiger partial charge in [-0.1, -0.05) is 60.7 Å². The largest absolute Gasteiger partial charge is 0.336 e. The number of halogens is 2. The van der Waals surface area contributed by atoms with E-state index in [9.17, 15) is 4.79 Å². The third kappa shape index (κ3) is 5.37. The van der Waals surface area contributed by atoms with Crippen molar-refractivity contribution in [1.82, 2.24) is 9.88 Å². The number of benzene rings is 2. The summed E-state index contributed by atoms with van der Waals surface area (Å²) < 4.78 is 0. The molecule has 0 bridgehead atoms. The number of likely N-dealkylation sites (tertiary alicyclic amines) is 1. The lowest BCUT2D eigenvalue weighted by atomic mass is 9.89. The van der Waals surface area contributed by atoms with Crippen molar-refractivity contribution >= 4 is 42.1 Å². The van der Waals surface area contributed by atoms with Gasteiger partial charge < -0.3 is 10.6 Å². The summed E-state index contributed by atoms with van der Waals surface area (Å²) in [7, 11) is 0. The van der Waals surface area contributed by atoms with E-state index in [0.717, 1.165) is 11.4 Å². The Bertz CT molecular complexity index is 905. The minimum Gasteiger partial charge on any atom is -0.336 e. The van der Waals surface area contributed by atoms with E-state index in [0.29, 0.717) is 37.2 Å². The van der Waals surface area contributed by atoms with Gasteiger partial charge in [0.1, 0.15) is 5.69 Å². The van der Waals surface area contributed by atoms with Crippen LogP contribution in [0.1, 0.15) is 32.5 Å². The van der Waals surface area contributed by atoms with Gasteiger partial charge in [0.2, 0.25) is 0 Å². The number of amides is 1. The van der Waals surface area contributed by atoms with Crippen LogP contribution in [0.3, 0.4) is 0 Å². The molecule has 4 rings (SSSR count). The van der Waals surface area contributed by atoms with Crippen molar-refractivity contribution in [3.8, 4) is 0 Å². The van der Waals surface area contributed by atoms with Gasteiger partial charge in [-0.3, -0.25) is 4.79 Å². The fourth-order valence-electron chi connectivity index (χ4n) is 3.78. The van der Waals surface area contributed by atoms with Crippen LogP contribution >= 0.6 is 36.2 Å². The monoisotopic (exact) mass is 449 g/mol. The van der Waals surface area contributed by atoms with E-state index in [-0.39, 0.29) is 30.7 Å². The standard InChI is InChI=1S/C22H23N3OS.2ClH/c23-12-18-13-25(14-19(18)17-9-5-2-6-10-17)22(26)20-15-27-21(24-20)11-16-7-3-1-4-8-16;;/h1-10,15,18-19H,11-14,23H2;2*1H/t18-,19+;;/m1../s1. The van der Waals surface area contributed by atoms with Gasteiger partial charge in [0.05, 0.1) is 5.01 Å². The molecule has 1 fully saturated rings. The molecule has 1 aliphatic rings. The van der Waals surface area contributed by atoms with E-state index in [1.807, 2.05) is 46.7 Å². The van der Waals surface area contributed by atoms with Gasteiger partial charge in [0.15, 0.2) is 0 Å². The maximum absolute atomic E-state index is 13.0. The van der Waals surface area contributed by atoms with Gasteiger partial charge in [-0.2, -0.15) is 0 Å². The Morgan fingerprint density at radius 2 is 1.69 bits per heavy atom. The second-order valence-electron chi connectivity index (χ2n) is 7.01. The molecule has 0 unspecified atom stereocenters. The smallest absolute Gasteiger partial charge is 0.273 e. The van der Waals surface area contributed by atoms with Crippen LogP contribution in [0.4, 0.5) is 0 Å². The van der Waals surface area contributed by atoms with Crippen LogP contribution in [-0.2, 0) is 6.42 Å². The predicted octanol–water partition coefficient (Wildman–Crippen LogP) is 4.39. The molecule has 7 heteroatoms. The van der Waals surface area contributed by atoms with Crippen LogP contribution in [0.25, 0.3) is 0 Å². The van der Waals surface area contributed by atoms with Crippen LogP contribution in [0, 0.1) is 5.92 Å². The highest BCUT2D eigenvalue weighted by Crippen LogP contribution is 2.33. The Kier molecular flexibility index (Phi) is 8.65. The Labute approximate surface area is 188 Å². The number of nitrogens with zero attached hydrogens (tertiary/aromatic N) is 2. The van der Waals surface area contributed by atoms with E-state index >= 15 is 0 Å². The van der Waals surface area contributed by atoms with Gasteiger partial charge in [-0.05, 0) is 23.6 Å². The van der Waals surface area contributed by atoms with Crippen molar-refractivity contribution in [2.75, 3.05) is 19.6 Å². The molecule has 2 atom stereocenters. The molecule has 0 saturated carbocycles. The van der Waals surface area contributed by atoms with Crippen molar-refractivity contribution in [3.63, 3.8) is 0 Å². The highest BCUT2D eigenvalue weighted by molar-refractivity contribution is 7.09. The summed E-state index contributed by atoms with van der Waals surface area (Å²) in [5, 5.41) is 2.85. The van der Waals surface area contributed by atoms with Crippen LogP contribution < -0.4 is 5.73 Å². The van der Waals surface area contributed by atoms with Gasteiger partial charge in [0, 0.05) is 30.8 Å². The molecule has 2 aromatic carbocycles. The second kappa shape index (κ2) is 10.7. The Morgan fingerprint density at radius 1 is 1.03 bits per heavy atom. The molecule has 1 aromatic heterocycles. The summed E-state index contributed by atoms with van der Waals surface area (Å²) in [6, 6.07) is 20.6. The van der Waals surface area contributed by atoms with Gasteiger partial charge in [0.25, 0.3) is 5.91 Å². The first kappa shape index (κ1) is 23.4. The fraction of sp³-hybridized carbons (Fsp3) is 0.273. The number of hydrogen-bond donors (Lipinski definition) is 1. The normalized spacial score (nSPS) is 18.0.